The second-order valence-corrected chi connectivity index (χ2v) is 7.85. The summed E-state index contributed by atoms with van der Waals surface area (Å²) in [6.45, 7) is 5.34. The van der Waals surface area contributed by atoms with Crippen LogP contribution in [-0.2, 0) is 11.2 Å². The molecule has 24 heavy (non-hydrogen) atoms. The Labute approximate surface area is 158 Å². The van der Waals surface area contributed by atoms with Crippen LogP contribution < -0.4 is 0 Å². The lowest BCUT2D eigenvalue weighted by Gasteiger charge is -2.29. The molecule has 1 saturated carbocycles. The normalized spacial score (nSPS) is 21.2. The minimum Gasteiger partial charge on any atom is -0.378 e. The predicted molar refractivity (Wildman–Crippen MR) is 106 cm³/mol. The third-order valence-electron chi connectivity index (χ3n) is 5.21. The van der Waals surface area contributed by atoms with Crippen molar-refractivity contribution in [3.05, 3.63) is 33.3 Å². The lowest BCUT2D eigenvalue weighted by molar-refractivity contribution is 0.0232. The topological polar surface area (TPSA) is 9.23 Å². The molecule has 0 heterocycles. The zero-order valence-corrected chi connectivity index (χ0v) is 16.8. The van der Waals surface area contributed by atoms with Gasteiger partial charge in [0.1, 0.15) is 0 Å². The van der Waals surface area contributed by atoms with E-state index in [0.717, 1.165) is 48.8 Å². The van der Waals surface area contributed by atoms with Gasteiger partial charge in [-0.1, -0.05) is 68.4 Å². The van der Waals surface area contributed by atoms with E-state index in [1.807, 2.05) is 0 Å². The molecule has 1 nitrogen and oxygen atoms in total. The van der Waals surface area contributed by atoms with Gasteiger partial charge in [-0.15, -0.1) is 0 Å². The Balaban J connectivity index is 1.92. The van der Waals surface area contributed by atoms with Crippen molar-refractivity contribution in [2.45, 2.75) is 90.1 Å². The van der Waals surface area contributed by atoms with Crippen LogP contribution >= 0.6 is 23.2 Å². The van der Waals surface area contributed by atoms with Crippen LogP contribution in [0.25, 0.3) is 0 Å². The summed E-state index contributed by atoms with van der Waals surface area (Å²) in [5.41, 5.74) is 2.45. The molecule has 0 unspecified atom stereocenters. The summed E-state index contributed by atoms with van der Waals surface area (Å²) in [4.78, 5) is 0. The molecule has 0 saturated heterocycles. The van der Waals surface area contributed by atoms with Gasteiger partial charge < -0.3 is 4.74 Å². The van der Waals surface area contributed by atoms with E-state index >= 15 is 0 Å². The first-order chi connectivity index (χ1) is 11.7. The number of rotatable bonds is 9. The SMILES string of the molecule is CCCCCc1ccc(C2CCC(OCCCC)CC2)c(Cl)c1Cl. The molecule has 0 spiro atoms. The summed E-state index contributed by atoms with van der Waals surface area (Å²) >= 11 is 13.2. The van der Waals surface area contributed by atoms with Crippen LogP contribution in [0.5, 0.6) is 0 Å². The van der Waals surface area contributed by atoms with Crippen molar-refractivity contribution >= 4 is 23.2 Å². The molecule has 0 N–H and O–H groups in total. The van der Waals surface area contributed by atoms with Crippen molar-refractivity contribution in [3.63, 3.8) is 0 Å². The largest absolute Gasteiger partial charge is 0.378 e. The molecule has 1 aliphatic carbocycles. The Kier molecular flexibility index (Phi) is 8.94. The number of unbranched alkanes of at least 4 members (excludes halogenated alkanes) is 3. The van der Waals surface area contributed by atoms with Crippen molar-refractivity contribution in [3.8, 4) is 0 Å². The van der Waals surface area contributed by atoms with Gasteiger partial charge in [0.2, 0.25) is 0 Å². The molecule has 3 heteroatoms. The first kappa shape index (κ1) is 20.1. The van der Waals surface area contributed by atoms with Crippen molar-refractivity contribution in [1.29, 1.82) is 0 Å². The maximum Gasteiger partial charge on any atom is 0.0629 e. The van der Waals surface area contributed by atoms with Gasteiger partial charge in [-0.05, 0) is 62.0 Å². The minimum atomic E-state index is 0.440. The van der Waals surface area contributed by atoms with Gasteiger partial charge in [-0.2, -0.15) is 0 Å². The standard InChI is InChI=1S/C21H32Cl2O/c1-3-5-7-8-17-11-14-19(21(23)20(17)22)16-9-12-18(13-10-16)24-15-6-4-2/h11,14,16,18H,3-10,12-13,15H2,1-2H3. The summed E-state index contributed by atoms with van der Waals surface area (Å²) in [5.74, 6) is 0.533. The van der Waals surface area contributed by atoms with Crippen LogP contribution in [0.4, 0.5) is 0 Å². The maximum absolute atomic E-state index is 6.62. The van der Waals surface area contributed by atoms with Crippen molar-refractivity contribution in [2.75, 3.05) is 6.61 Å². The molecule has 0 aliphatic heterocycles. The summed E-state index contributed by atoms with van der Waals surface area (Å²) in [5, 5.41) is 1.58. The monoisotopic (exact) mass is 370 g/mol. The van der Waals surface area contributed by atoms with Gasteiger partial charge in [0.25, 0.3) is 0 Å². The quantitative estimate of drug-likeness (QED) is 0.407. The highest BCUT2D eigenvalue weighted by Gasteiger charge is 2.25. The molecule has 2 rings (SSSR count). The second kappa shape index (κ2) is 10.7. The van der Waals surface area contributed by atoms with Gasteiger partial charge in [0.05, 0.1) is 16.1 Å². The number of aryl methyl sites for hydroxylation is 1. The van der Waals surface area contributed by atoms with Crippen LogP contribution in [-0.4, -0.2) is 12.7 Å². The summed E-state index contributed by atoms with van der Waals surface area (Å²) < 4.78 is 5.98. The van der Waals surface area contributed by atoms with E-state index in [9.17, 15) is 0 Å². The van der Waals surface area contributed by atoms with E-state index in [1.54, 1.807) is 0 Å². The molecule has 0 bridgehead atoms. The van der Waals surface area contributed by atoms with Gasteiger partial charge in [0, 0.05) is 6.61 Å². The molecule has 1 aromatic carbocycles. The Morgan fingerprint density at radius 2 is 1.62 bits per heavy atom. The van der Waals surface area contributed by atoms with Gasteiger partial charge in [-0.3, -0.25) is 0 Å². The molecule has 1 aliphatic rings. The number of hydrogen-bond donors (Lipinski definition) is 0. The molecule has 0 amide bonds. The van der Waals surface area contributed by atoms with Crippen molar-refractivity contribution < 1.29 is 4.74 Å². The molecule has 1 aromatic rings. The van der Waals surface area contributed by atoms with E-state index in [0.29, 0.717) is 12.0 Å². The van der Waals surface area contributed by atoms with Gasteiger partial charge in [-0.25, -0.2) is 0 Å². The average molecular weight is 371 g/mol. The van der Waals surface area contributed by atoms with Crippen molar-refractivity contribution in [1.82, 2.24) is 0 Å². The third kappa shape index (κ3) is 5.64. The fraction of sp³-hybridized carbons (Fsp3) is 0.714. The van der Waals surface area contributed by atoms with E-state index in [1.165, 1.54) is 43.2 Å². The van der Waals surface area contributed by atoms with Crippen LogP contribution in [0.3, 0.4) is 0 Å². The van der Waals surface area contributed by atoms with Gasteiger partial charge in [0.15, 0.2) is 0 Å². The summed E-state index contributed by atoms with van der Waals surface area (Å²) in [6, 6.07) is 4.42. The van der Waals surface area contributed by atoms with Crippen LogP contribution in [0.1, 0.15) is 88.7 Å². The lowest BCUT2D eigenvalue weighted by atomic mass is 9.82. The molecular formula is C21H32Cl2O. The van der Waals surface area contributed by atoms with E-state index < -0.39 is 0 Å². The van der Waals surface area contributed by atoms with Crippen LogP contribution in [0.2, 0.25) is 10.0 Å². The van der Waals surface area contributed by atoms with E-state index in [-0.39, 0.29) is 0 Å². The molecule has 0 aromatic heterocycles. The first-order valence-electron chi connectivity index (χ1n) is 9.75. The van der Waals surface area contributed by atoms with E-state index in [4.69, 9.17) is 27.9 Å². The Bertz CT molecular complexity index is 493. The smallest absolute Gasteiger partial charge is 0.0629 e. The first-order valence-corrected chi connectivity index (χ1v) is 10.5. The van der Waals surface area contributed by atoms with E-state index in [2.05, 4.69) is 26.0 Å². The Morgan fingerprint density at radius 3 is 2.29 bits per heavy atom. The summed E-state index contributed by atoms with van der Waals surface area (Å²) in [7, 11) is 0. The highest BCUT2D eigenvalue weighted by molar-refractivity contribution is 6.43. The fourth-order valence-corrected chi connectivity index (χ4v) is 4.22. The Hall–Kier alpha value is -0.240. The molecular weight excluding hydrogens is 339 g/mol. The van der Waals surface area contributed by atoms with Crippen LogP contribution in [0.15, 0.2) is 12.1 Å². The zero-order chi connectivity index (χ0) is 17.4. The highest BCUT2D eigenvalue weighted by atomic mass is 35.5. The summed E-state index contributed by atoms with van der Waals surface area (Å²) in [6.07, 6.45) is 12.1. The number of hydrogen-bond acceptors (Lipinski definition) is 1. The highest BCUT2D eigenvalue weighted by Crippen LogP contribution is 2.41. The molecule has 0 radical (unpaired) electrons. The minimum absolute atomic E-state index is 0.440. The predicted octanol–water partition coefficient (Wildman–Crippen LogP) is 7.57. The molecule has 1 fully saturated rings. The number of ether oxygens (including phenoxy) is 1. The third-order valence-corrected chi connectivity index (χ3v) is 6.14. The van der Waals surface area contributed by atoms with Gasteiger partial charge >= 0.3 is 0 Å². The number of halogens is 2. The number of benzene rings is 1. The lowest BCUT2D eigenvalue weighted by Crippen LogP contribution is -2.21. The molecule has 0 atom stereocenters. The van der Waals surface area contributed by atoms with Crippen molar-refractivity contribution in [2.24, 2.45) is 0 Å². The second-order valence-electron chi connectivity index (χ2n) is 7.10. The molecule has 136 valence electrons. The fourth-order valence-electron chi connectivity index (χ4n) is 3.61. The average Bonchev–Trinajstić information content (AvgIpc) is 2.60. The zero-order valence-electron chi connectivity index (χ0n) is 15.3. The maximum atomic E-state index is 6.62. The van der Waals surface area contributed by atoms with Crippen LogP contribution in [0, 0.1) is 0 Å². The Morgan fingerprint density at radius 1 is 0.917 bits per heavy atom.